The van der Waals surface area contributed by atoms with Gasteiger partial charge >= 0.3 is 0 Å². The molecule has 0 aliphatic heterocycles. The van der Waals surface area contributed by atoms with Crippen molar-refractivity contribution >= 4 is 28.3 Å². The van der Waals surface area contributed by atoms with Crippen LogP contribution in [0, 0.1) is 0 Å². The van der Waals surface area contributed by atoms with E-state index >= 15 is 0 Å². The van der Waals surface area contributed by atoms with Crippen molar-refractivity contribution in [3.8, 4) is 11.5 Å². The first-order valence-electron chi connectivity index (χ1n) is 9.98. The molecule has 3 nitrogen and oxygen atoms in total. The predicted octanol–water partition coefficient (Wildman–Crippen LogP) is 6.91. The molecule has 2 rings (SSSR count). The molecule has 0 saturated carbocycles. The van der Waals surface area contributed by atoms with E-state index in [0.717, 1.165) is 40.2 Å². The van der Waals surface area contributed by atoms with Crippen LogP contribution in [-0.4, -0.2) is 13.7 Å². The highest BCUT2D eigenvalue weighted by atomic mass is 79.9. The Kier molecular flexibility index (Phi) is 13.0. The van der Waals surface area contributed by atoms with Crippen molar-refractivity contribution in [2.24, 2.45) is 0 Å². The fourth-order valence-electron chi connectivity index (χ4n) is 3.05. The van der Waals surface area contributed by atoms with E-state index in [1.807, 2.05) is 24.3 Å². The van der Waals surface area contributed by atoms with Crippen molar-refractivity contribution in [2.75, 3.05) is 13.7 Å². The van der Waals surface area contributed by atoms with Crippen LogP contribution in [0.15, 0.2) is 46.9 Å². The molecule has 1 N–H and O–H groups in total. The second-order valence-electron chi connectivity index (χ2n) is 6.82. The Morgan fingerprint density at radius 2 is 1.68 bits per heavy atom. The Bertz CT molecular complexity index is 667. The molecule has 0 atom stereocenters. The molecule has 0 heterocycles. The minimum absolute atomic E-state index is 0. The highest BCUT2D eigenvalue weighted by molar-refractivity contribution is 9.10. The summed E-state index contributed by atoms with van der Waals surface area (Å²) in [7, 11) is 1.69. The van der Waals surface area contributed by atoms with Gasteiger partial charge in [-0.3, -0.25) is 0 Å². The molecular formula is C23H33BrClNO2. The van der Waals surface area contributed by atoms with E-state index in [2.05, 4.69) is 46.4 Å². The fraction of sp³-hybridized carbons (Fsp3) is 0.478. The molecule has 0 aliphatic carbocycles. The van der Waals surface area contributed by atoms with Gasteiger partial charge in [0.2, 0.25) is 0 Å². The zero-order chi connectivity index (χ0) is 19.3. The van der Waals surface area contributed by atoms with E-state index in [1.54, 1.807) is 7.11 Å². The van der Waals surface area contributed by atoms with E-state index in [1.165, 1.54) is 38.5 Å². The molecule has 2 aromatic rings. The molecule has 0 unspecified atom stereocenters. The van der Waals surface area contributed by atoms with Gasteiger partial charge in [0.1, 0.15) is 6.61 Å². The summed E-state index contributed by atoms with van der Waals surface area (Å²) in [5.74, 6) is 1.58. The zero-order valence-corrected chi connectivity index (χ0v) is 19.4. The van der Waals surface area contributed by atoms with Crippen molar-refractivity contribution in [2.45, 2.75) is 58.6 Å². The SMILES string of the molecule is CCCCCCCCNCc1cc(Br)cc(OC)c1OCc1ccccc1.Cl. The number of rotatable bonds is 13. The number of nitrogens with one attached hydrogen (secondary N) is 1. The lowest BCUT2D eigenvalue weighted by Gasteiger charge is -2.16. The maximum Gasteiger partial charge on any atom is 0.166 e. The van der Waals surface area contributed by atoms with Crippen molar-refractivity contribution < 1.29 is 9.47 Å². The first-order valence-corrected chi connectivity index (χ1v) is 10.8. The van der Waals surface area contributed by atoms with Crippen LogP contribution in [0.1, 0.15) is 56.6 Å². The van der Waals surface area contributed by atoms with Crippen LogP contribution in [0.3, 0.4) is 0 Å². The molecule has 2 aromatic carbocycles. The third-order valence-electron chi connectivity index (χ3n) is 4.57. The third kappa shape index (κ3) is 8.85. The van der Waals surface area contributed by atoms with E-state index in [9.17, 15) is 0 Å². The average molecular weight is 471 g/mol. The summed E-state index contributed by atoms with van der Waals surface area (Å²) in [4.78, 5) is 0. The van der Waals surface area contributed by atoms with Gasteiger partial charge in [-0.1, -0.05) is 85.3 Å². The summed E-state index contributed by atoms with van der Waals surface area (Å²) in [6.07, 6.45) is 7.87. The van der Waals surface area contributed by atoms with Crippen LogP contribution in [0.25, 0.3) is 0 Å². The monoisotopic (exact) mass is 469 g/mol. The molecule has 0 bridgehead atoms. The smallest absolute Gasteiger partial charge is 0.166 e. The summed E-state index contributed by atoms with van der Waals surface area (Å²) in [5, 5.41) is 3.55. The van der Waals surface area contributed by atoms with Crippen molar-refractivity contribution in [1.29, 1.82) is 0 Å². The Balaban J connectivity index is 0.00000392. The summed E-state index contributed by atoms with van der Waals surface area (Å²) >= 11 is 3.58. The van der Waals surface area contributed by atoms with Crippen molar-refractivity contribution in [3.63, 3.8) is 0 Å². The largest absolute Gasteiger partial charge is 0.493 e. The molecule has 0 amide bonds. The van der Waals surface area contributed by atoms with Crippen LogP contribution in [0.2, 0.25) is 0 Å². The lowest BCUT2D eigenvalue weighted by atomic mass is 10.1. The highest BCUT2D eigenvalue weighted by Crippen LogP contribution is 2.35. The number of unbranched alkanes of at least 4 members (excludes halogenated alkanes) is 5. The molecule has 0 fully saturated rings. The van der Waals surface area contributed by atoms with E-state index in [4.69, 9.17) is 9.47 Å². The van der Waals surface area contributed by atoms with Crippen LogP contribution in [0.5, 0.6) is 11.5 Å². The molecule has 28 heavy (non-hydrogen) atoms. The third-order valence-corrected chi connectivity index (χ3v) is 5.02. The molecule has 0 aromatic heterocycles. The number of halogens is 2. The van der Waals surface area contributed by atoms with Gasteiger partial charge in [0, 0.05) is 16.6 Å². The fourth-order valence-corrected chi connectivity index (χ4v) is 3.54. The van der Waals surface area contributed by atoms with Crippen LogP contribution >= 0.6 is 28.3 Å². The number of methoxy groups -OCH3 is 1. The molecule has 0 spiro atoms. The van der Waals surface area contributed by atoms with Crippen molar-refractivity contribution in [3.05, 3.63) is 58.1 Å². The Morgan fingerprint density at radius 1 is 0.964 bits per heavy atom. The van der Waals surface area contributed by atoms with E-state index < -0.39 is 0 Å². The predicted molar refractivity (Wildman–Crippen MR) is 124 cm³/mol. The summed E-state index contributed by atoms with van der Waals surface area (Å²) in [6, 6.07) is 14.3. The first-order chi connectivity index (χ1) is 13.2. The average Bonchev–Trinajstić information content (AvgIpc) is 2.69. The molecule has 156 valence electrons. The minimum atomic E-state index is 0. The van der Waals surface area contributed by atoms with Gasteiger partial charge in [-0.25, -0.2) is 0 Å². The number of hydrogen-bond donors (Lipinski definition) is 1. The normalized spacial score (nSPS) is 10.4. The van der Waals surface area contributed by atoms with E-state index in [-0.39, 0.29) is 12.4 Å². The maximum atomic E-state index is 6.14. The number of hydrogen-bond acceptors (Lipinski definition) is 3. The molecule has 0 saturated heterocycles. The van der Waals surface area contributed by atoms with Crippen LogP contribution in [0.4, 0.5) is 0 Å². The van der Waals surface area contributed by atoms with Gasteiger partial charge in [-0.15, -0.1) is 12.4 Å². The van der Waals surface area contributed by atoms with Crippen LogP contribution in [-0.2, 0) is 13.2 Å². The Morgan fingerprint density at radius 3 is 2.39 bits per heavy atom. The molecule has 0 radical (unpaired) electrons. The summed E-state index contributed by atoms with van der Waals surface area (Å²) < 4.78 is 12.7. The lowest BCUT2D eigenvalue weighted by molar-refractivity contribution is 0.280. The summed E-state index contributed by atoms with van der Waals surface area (Å²) in [6.45, 7) is 4.59. The number of ether oxygens (including phenoxy) is 2. The topological polar surface area (TPSA) is 30.5 Å². The van der Waals surface area contributed by atoms with Gasteiger partial charge in [-0.2, -0.15) is 0 Å². The zero-order valence-electron chi connectivity index (χ0n) is 17.0. The van der Waals surface area contributed by atoms with Crippen molar-refractivity contribution in [1.82, 2.24) is 5.32 Å². The Hall–Kier alpha value is -1.23. The van der Waals surface area contributed by atoms with Gasteiger partial charge in [0.15, 0.2) is 11.5 Å². The quantitative estimate of drug-likeness (QED) is 0.323. The summed E-state index contributed by atoms with van der Waals surface area (Å²) in [5.41, 5.74) is 2.26. The second kappa shape index (κ2) is 14.7. The minimum Gasteiger partial charge on any atom is -0.493 e. The van der Waals surface area contributed by atoms with Gasteiger partial charge in [-0.05, 0) is 30.7 Å². The standard InChI is InChI=1S/C23H32BrNO2.ClH/c1-3-4-5-6-7-11-14-25-17-20-15-21(24)16-22(26-2)23(20)27-18-19-12-9-8-10-13-19;/h8-10,12-13,15-16,25H,3-7,11,14,17-18H2,1-2H3;1H. The van der Waals surface area contributed by atoms with E-state index in [0.29, 0.717) is 6.61 Å². The second-order valence-corrected chi connectivity index (χ2v) is 7.73. The maximum absolute atomic E-state index is 6.14. The molecule has 0 aliphatic rings. The molecule has 5 heteroatoms. The van der Waals surface area contributed by atoms with Crippen LogP contribution < -0.4 is 14.8 Å². The first kappa shape index (κ1) is 24.8. The van der Waals surface area contributed by atoms with Gasteiger partial charge < -0.3 is 14.8 Å². The van der Waals surface area contributed by atoms with Gasteiger partial charge in [0.25, 0.3) is 0 Å². The highest BCUT2D eigenvalue weighted by Gasteiger charge is 2.13. The molecular weight excluding hydrogens is 438 g/mol. The lowest BCUT2D eigenvalue weighted by Crippen LogP contribution is -2.16. The number of benzene rings is 2. The Labute approximate surface area is 184 Å². The van der Waals surface area contributed by atoms with Gasteiger partial charge in [0.05, 0.1) is 7.11 Å².